The van der Waals surface area contributed by atoms with Crippen LogP contribution in [0.2, 0.25) is 0 Å². The Morgan fingerprint density at radius 1 is 0.294 bits per heavy atom. The maximum absolute atomic E-state index is 15.0. The summed E-state index contributed by atoms with van der Waals surface area (Å²) in [5, 5.41) is 6.10. The van der Waals surface area contributed by atoms with Crippen LogP contribution in [0.15, 0.2) is 231 Å². The van der Waals surface area contributed by atoms with Crippen LogP contribution in [0.25, 0.3) is 76.8 Å². The second-order valence-electron chi connectivity index (χ2n) is 27.7. The van der Waals surface area contributed by atoms with E-state index in [1.807, 2.05) is 158 Å². The molecule has 0 amide bonds. The van der Waals surface area contributed by atoms with E-state index in [4.69, 9.17) is 28.4 Å². The Labute approximate surface area is 590 Å². The molecule has 0 radical (unpaired) electrons. The van der Waals surface area contributed by atoms with Gasteiger partial charge in [0.25, 0.3) is 13.4 Å². The highest BCUT2D eigenvalue weighted by Gasteiger charge is 2.46. The molecule has 0 aliphatic carbocycles. The number of aryl methyl sites for hydroxylation is 6. The van der Waals surface area contributed by atoms with Crippen LogP contribution >= 0.6 is 0 Å². The largest absolute Gasteiger partial charge is 0.458 e. The standard InChI is InChI=1S/C90H64B2O10/c1-49-31-51(3)79(52(4)32-49)63-41-65-69-35-61(89(95)99-47-57-23-15-9-16-24-57)39-77-85(69)92(72-30-28-60(38-76(72)101-77)88(94)98-46-56-21-13-8-14-22-56)74-44-68-64(80-53(5)33-50(2)34-54(80)6)42-66-70-36-62(90(96)100-48-58-25-17-10-18-26-58)40-78-86(70)91(73-43-67(63)83(81(65)74)84(68)82(66)73)71-29-27-59(37-75(71)102-78)87(93)97-45-55-19-11-7-12-20-55/h7-44H,45-48H2,1-6H3. The van der Waals surface area contributed by atoms with Gasteiger partial charge < -0.3 is 28.4 Å². The number of hydrogen-bond donors (Lipinski definition) is 0. The van der Waals surface area contributed by atoms with Gasteiger partial charge in [-0.2, -0.15) is 0 Å². The van der Waals surface area contributed by atoms with Crippen molar-refractivity contribution in [1.29, 1.82) is 0 Å². The maximum Gasteiger partial charge on any atom is 0.338 e. The van der Waals surface area contributed by atoms with Crippen LogP contribution in [0.3, 0.4) is 0 Å². The first-order chi connectivity index (χ1) is 49.7. The fourth-order valence-corrected chi connectivity index (χ4v) is 16.9. The lowest BCUT2D eigenvalue weighted by atomic mass is 9.31. The van der Waals surface area contributed by atoms with Crippen molar-refractivity contribution in [3.05, 3.63) is 308 Å². The SMILES string of the molecule is Cc1cc(C)c(-c2cc3c4c(cc5c(-c6c(C)cc(C)cc6C)cc6c7c(cc2c4c57)B2c4ccc(C(=O)OCc5ccccc5)cc4Oc4cc(C(=O)OCc5ccccc5)cc-6c42)B2c4ccc(C(=O)OCc5ccccc5)cc4Oc4cc(C(=O)OCc5ccccc5)cc-3c42)c(C)c1. The number of benzene rings is 14. The average molecular weight is 1330 g/mol. The molecule has 0 bridgehead atoms. The predicted octanol–water partition coefficient (Wildman–Crippen LogP) is 16.4. The molecule has 4 aliphatic rings. The molecule has 14 aromatic rings. The molecule has 4 aliphatic heterocycles. The van der Waals surface area contributed by atoms with Gasteiger partial charge in [0.1, 0.15) is 49.4 Å². The molecular weight excluding hydrogens is 1260 g/mol. The summed E-state index contributed by atoms with van der Waals surface area (Å²) >= 11 is 0. The molecule has 0 atom stereocenters. The molecule has 0 N–H and O–H groups in total. The zero-order chi connectivity index (χ0) is 69.3. The van der Waals surface area contributed by atoms with Gasteiger partial charge in [-0.05, 0) is 245 Å². The summed E-state index contributed by atoms with van der Waals surface area (Å²) in [6, 6.07) is 75.8. The van der Waals surface area contributed by atoms with Gasteiger partial charge in [-0.15, -0.1) is 0 Å². The molecule has 0 aromatic heterocycles. The van der Waals surface area contributed by atoms with Crippen LogP contribution in [-0.4, -0.2) is 37.3 Å². The van der Waals surface area contributed by atoms with Gasteiger partial charge in [0.05, 0.1) is 22.3 Å². The molecule has 490 valence electrons. The number of ether oxygens (including phenoxy) is 6. The number of carbonyl (C=O) groups is 4. The van der Waals surface area contributed by atoms with E-state index in [-0.39, 0.29) is 26.4 Å². The summed E-state index contributed by atoms with van der Waals surface area (Å²) < 4.78 is 38.7. The second kappa shape index (κ2) is 24.3. The Balaban J connectivity index is 0.944. The van der Waals surface area contributed by atoms with Gasteiger partial charge in [0.2, 0.25) is 0 Å². The zero-order valence-electron chi connectivity index (χ0n) is 57.0. The summed E-state index contributed by atoms with van der Waals surface area (Å²) in [6.07, 6.45) is 0. The van der Waals surface area contributed by atoms with Crippen molar-refractivity contribution in [3.8, 4) is 67.5 Å². The number of hydrogen-bond acceptors (Lipinski definition) is 10. The van der Waals surface area contributed by atoms with Gasteiger partial charge in [-0.1, -0.05) is 192 Å². The van der Waals surface area contributed by atoms with Crippen LogP contribution in [0.4, 0.5) is 0 Å². The first-order valence-corrected chi connectivity index (χ1v) is 34.5. The summed E-state index contributed by atoms with van der Waals surface area (Å²) in [6.45, 7) is 12.3. The molecule has 10 nitrogen and oxygen atoms in total. The van der Waals surface area contributed by atoms with E-state index in [0.29, 0.717) is 45.3 Å². The third-order valence-electron chi connectivity index (χ3n) is 21.0. The molecule has 0 saturated heterocycles. The Morgan fingerprint density at radius 3 is 0.941 bits per heavy atom. The average Bonchev–Trinajstić information content (AvgIpc) is 0.667. The smallest absolute Gasteiger partial charge is 0.338 e. The minimum atomic E-state index is -0.518. The molecule has 12 heteroatoms. The maximum atomic E-state index is 15.0. The minimum Gasteiger partial charge on any atom is -0.458 e. The van der Waals surface area contributed by atoms with Crippen molar-refractivity contribution >= 4 is 102 Å². The van der Waals surface area contributed by atoms with Crippen LogP contribution in [0, 0.1) is 41.5 Å². The quantitative estimate of drug-likeness (QED) is 0.0450. The summed E-state index contributed by atoms with van der Waals surface area (Å²) in [4.78, 5) is 58.4. The van der Waals surface area contributed by atoms with Crippen LogP contribution in [-0.2, 0) is 45.4 Å². The molecular formula is C90H64B2O10. The first kappa shape index (κ1) is 62.0. The van der Waals surface area contributed by atoms with Gasteiger partial charge >= 0.3 is 23.9 Å². The van der Waals surface area contributed by atoms with E-state index in [1.54, 1.807) is 24.3 Å². The topological polar surface area (TPSA) is 124 Å². The van der Waals surface area contributed by atoms with E-state index >= 15 is 0 Å². The fourth-order valence-electron chi connectivity index (χ4n) is 16.9. The third kappa shape index (κ3) is 10.3. The Hall–Kier alpha value is -12.3. The lowest BCUT2D eigenvalue weighted by molar-refractivity contribution is 0.0463. The molecule has 4 heterocycles. The van der Waals surface area contributed by atoms with Crippen LogP contribution < -0.4 is 42.3 Å². The molecule has 0 saturated carbocycles. The van der Waals surface area contributed by atoms with Crippen molar-refractivity contribution < 1.29 is 47.6 Å². The van der Waals surface area contributed by atoms with Crippen molar-refractivity contribution in [2.24, 2.45) is 0 Å². The fraction of sp³-hybridized carbons (Fsp3) is 0.111. The summed E-state index contributed by atoms with van der Waals surface area (Å²) in [5.41, 5.74) is 24.5. The lowest BCUT2D eigenvalue weighted by Crippen LogP contribution is -2.58. The van der Waals surface area contributed by atoms with E-state index in [2.05, 4.69) is 90.1 Å². The highest BCUT2D eigenvalue weighted by Crippen LogP contribution is 2.53. The lowest BCUT2D eigenvalue weighted by Gasteiger charge is -2.38. The third-order valence-corrected chi connectivity index (χ3v) is 21.0. The summed E-state index contributed by atoms with van der Waals surface area (Å²) in [7, 11) is 0. The van der Waals surface area contributed by atoms with E-state index < -0.39 is 37.3 Å². The normalized spacial score (nSPS) is 12.5. The van der Waals surface area contributed by atoms with Crippen molar-refractivity contribution in [3.63, 3.8) is 0 Å². The number of carbonyl (C=O) groups excluding carboxylic acids is 4. The Kier molecular flexibility index (Phi) is 14.8. The Bertz CT molecular complexity index is 5520. The predicted molar refractivity (Wildman–Crippen MR) is 405 cm³/mol. The number of rotatable bonds is 14. The second-order valence-corrected chi connectivity index (χ2v) is 27.7. The van der Waals surface area contributed by atoms with Gasteiger partial charge in [-0.3, -0.25) is 0 Å². The Morgan fingerprint density at radius 2 is 0.608 bits per heavy atom. The molecule has 14 aromatic carbocycles. The van der Waals surface area contributed by atoms with E-state index in [0.717, 1.165) is 165 Å². The van der Waals surface area contributed by atoms with E-state index in [1.165, 1.54) is 0 Å². The molecule has 0 fully saturated rings. The summed E-state index contributed by atoms with van der Waals surface area (Å²) in [5.74, 6) is -0.173. The number of esters is 4. The zero-order valence-corrected chi connectivity index (χ0v) is 57.0. The van der Waals surface area contributed by atoms with Crippen molar-refractivity contribution in [2.45, 2.75) is 68.0 Å². The molecule has 0 spiro atoms. The molecule has 102 heavy (non-hydrogen) atoms. The molecule has 18 rings (SSSR count). The monoisotopic (exact) mass is 1330 g/mol. The van der Waals surface area contributed by atoms with Crippen molar-refractivity contribution in [1.82, 2.24) is 0 Å². The van der Waals surface area contributed by atoms with Gasteiger partial charge in [0.15, 0.2) is 0 Å². The molecule has 0 unspecified atom stereocenters. The van der Waals surface area contributed by atoms with Crippen molar-refractivity contribution in [2.75, 3.05) is 0 Å². The first-order valence-electron chi connectivity index (χ1n) is 34.5. The highest BCUT2D eigenvalue weighted by atomic mass is 16.5. The van der Waals surface area contributed by atoms with Crippen LogP contribution in [0.5, 0.6) is 23.0 Å². The highest BCUT2D eigenvalue weighted by molar-refractivity contribution is 7.01. The number of fused-ring (bicyclic) bond motifs is 8. The van der Waals surface area contributed by atoms with E-state index in [9.17, 15) is 19.2 Å². The van der Waals surface area contributed by atoms with Gasteiger partial charge in [0, 0.05) is 0 Å². The van der Waals surface area contributed by atoms with Gasteiger partial charge in [-0.25, -0.2) is 19.2 Å². The van der Waals surface area contributed by atoms with Crippen LogP contribution in [0.1, 0.15) is 97.1 Å². The minimum absolute atomic E-state index is 0.0554.